The molecular formula is C24H35FN8O3. The number of ether oxygens (including phenoxy) is 2. The first-order chi connectivity index (χ1) is 17.3. The lowest BCUT2D eigenvalue weighted by atomic mass is 10.1. The number of methoxy groups -OCH3 is 2. The lowest BCUT2D eigenvalue weighted by Crippen LogP contribution is -2.38. The van der Waals surface area contributed by atoms with Crippen LogP contribution in [0.5, 0.6) is 0 Å². The maximum atomic E-state index is 14.7. The number of aromatic nitrogens is 3. The fourth-order valence-electron chi connectivity index (χ4n) is 3.69. The Balaban J connectivity index is 1.98. The largest absolute Gasteiger partial charge is 0.383 e. The highest BCUT2D eigenvalue weighted by molar-refractivity contribution is 5.99. The van der Waals surface area contributed by atoms with Crippen LogP contribution in [-0.2, 0) is 16.0 Å². The van der Waals surface area contributed by atoms with Crippen molar-refractivity contribution in [2.45, 2.75) is 38.9 Å². The quantitative estimate of drug-likeness (QED) is 0.209. The number of hydrogen-bond donors (Lipinski definition) is 5. The summed E-state index contributed by atoms with van der Waals surface area (Å²) in [5.41, 5.74) is 13.0. The molecule has 0 radical (unpaired) electrons. The molecule has 1 amide bonds. The lowest BCUT2D eigenvalue weighted by molar-refractivity contribution is 0.100. The molecule has 0 aliphatic heterocycles. The number of anilines is 4. The smallest absolute Gasteiger partial charge is 0.252 e. The third-order valence-corrected chi connectivity index (χ3v) is 5.84. The van der Waals surface area contributed by atoms with Gasteiger partial charge in [-0.2, -0.15) is 5.10 Å². The average Bonchev–Trinajstić information content (AvgIpc) is 3.20. The number of hydrogen-bond acceptors (Lipinski definition) is 9. The van der Waals surface area contributed by atoms with E-state index in [-0.39, 0.29) is 29.3 Å². The first kappa shape index (κ1) is 27.1. The molecule has 2 atom stereocenters. The van der Waals surface area contributed by atoms with E-state index in [2.05, 4.69) is 26.0 Å². The molecular weight excluding hydrogens is 467 g/mol. The Morgan fingerprint density at radius 3 is 2.58 bits per heavy atom. The van der Waals surface area contributed by atoms with Crippen molar-refractivity contribution in [1.29, 1.82) is 0 Å². The Kier molecular flexibility index (Phi) is 9.39. The topological polar surface area (TPSA) is 154 Å². The fraction of sp³-hybridized carbons (Fsp3) is 0.458. The minimum atomic E-state index is -0.802. The molecule has 196 valence electrons. The van der Waals surface area contributed by atoms with Crippen molar-refractivity contribution in [3.8, 4) is 0 Å². The normalized spacial score (nSPS) is 12.9. The SMILES string of the molecule is CC[C@H](N)[C@@H](C)Nc1nc(Nc2ccc3c(c2)c(NCCOC)nn3CCOC)c(C(N)=O)cc1F. The molecule has 11 nitrogen and oxygen atoms in total. The average molecular weight is 503 g/mol. The number of primary amides is 1. The van der Waals surface area contributed by atoms with Gasteiger partial charge in [0.05, 0.1) is 30.8 Å². The molecule has 36 heavy (non-hydrogen) atoms. The highest BCUT2D eigenvalue weighted by atomic mass is 19.1. The van der Waals surface area contributed by atoms with Crippen molar-refractivity contribution in [1.82, 2.24) is 14.8 Å². The van der Waals surface area contributed by atoms with Crippen molar-refractivity contribution in [3.05, 3.63) is 35.6 Å². The summed E-state index contributed by atoms with van der Waals surface area (Å²) < 4.78 is 26.9. The van der Waals surface area contributed by atoms with Crippen LogP contribution in [0.3, 0.4) is 0 Å². The van der Waals surface area contributed by atoms with E-state index in [1.807, 2.05) is 36.7 Å². The Bertz CT molecular complexity index is 1190. The number of pyridine rings is 1. The van der Waals surface area contributed by atoms with Crippen LogP contribution >= 0.6 is 0 Å². The van der Waals surface area contributed by atoms with Crippen LogP contribution in [0.2, 0.25) is 0 Å². The second-order valence-electron chi connectivity index (χ2n) is 8.43. The maximum absolute atomic E-state index is 14.7. The molecule has 0 spiro atoms. The van der Waals surface area contributed by atoms with Crippen LogP contribution in [0.1, 0.15) is 30.6 Å². The summed E-state index contributed by atoms with van der Waals surface area (Å²) in [4.78, 5) is 16.4. The minimum absolute atomic E-state index is 0.0192. The van der Waals surface area contributed by atoms with Gasteiger partial charge in [0.15, 0.2) is 17.5 Å². The Hall–Kier alpha value is -3.48. The predicted molar refractivity (Wildman–Crippen MR) is 139 cm³/mol. The molecule has 0 saturated heterocycles. The molecule has 3 rings (SSSR count). The van der Waals surface area contributed by atoms with Gasteiger partial charge in [-0.3, -0.25) is 9.48 Å². The summed E-state index contributed by atoms with van der Waals surface area (Å²) in [7, 11) is 3.27. The predicted octanol–water partition coefficient (Wildman–Crippen LogP) is 2.66. The number of rotatable bonds is 14. The van der Waals surface area contributed by atoms with E-state index in [1.54, 1.807) is 14.2 Å². The molecule has 0 saturated carbocycles. The Labute approximate surface area is 209 Å². The standard InChI is InChI=1S/C24H35FN8O3/c1-5-19(26)14(2)29-24-18(25)13-17(21(27)34)23(31-24)30-15-6-7-20-16(12-15)22(28-8-10-35-3)32-33(20)9-11-36-4/h6-7,12-14,19H,5,8-11,26H2,1-4H3,(H2,27,34)(H,28,32)(H2,29,30,31)/t14-,19+/m1/s1. The van der Waals surface area contributed by atoms with Crippen molar-refractivity contribution < 1.29 is 18.7 Å². The molecule has 0 fully saturated rings. The molecule has 0 aliphatic carbocycles. The van der Waals surface area contributed by atoms with E-state index in [9.17, 15) is 9.18 Å². The third kappa shape index (κ3) is 6.39. The Morgan fingerprint density at radius 2 is 1.92 bits per heavy atom. The van der Waals surface area contributed by atoms with E-state index >= 15 is 0 Å². The number of amides is 1. The summed E-state index contributed by atoms with van der Waals surface area (Å²) in [6, 6.07) is 6.24. The monoisotopic (exact) mass is 502 g/mol. The van der Waals surface area contributed by atoms with Crippen molar-refractivity contribution in [2.75, 3.05) is 49.9 Å². The van der Waals surface area contributed by atoms with Crippen LogP contribution < -0.4 is 27.4 Å². The van der Waals surface area contributed by atoms with Crippen LogP contribution in [0.15, 0.2) is 24.3 Å². The van der Waals surface area contributed by atoms with Gasteiger partial charge < -0.3 is 36.9 Å². The summed E-state index contributed by atoms with van der Waals surface area (Å²) in [5.74, 6) is -0.708. The zero-order valence-corrected chi connectivity index (χ0v) is 21.1. The number of halogens is 1. The second kappa shape index (κ2) is 12.5. The van der Waals surface area contributed by atoms with Gasteiger partial charge in [0.1, 0.15) is 5.82 Å². The minimum Gasteiger partial charge on any atom is -0.383 e. The second-order valence-corrected chi connectivity index (χ2v) is 8.43. The molecule has 2 aromatic heterocycles. The molecule has 3 aromatic rings. The van der Waals surface area contributed by atoms with E-state index in [0.29, 0.717) is 44.2 Å². The summed E-state index contributed by atoms with van der Waals surface area (Å²) in [5, 5.41) is 14.9. The van der Waals surface area contributed by atoms with E-state index < -0.39 is 11.7 Å². The zero-order chi connectivity index (χ0) is 26.2. The van der Waals surface area contributed by atoms with Crippen LogP contribution in [0, 0.1) is 5.82 Å². The molecule has 12 heteroatoms. The first-order valence-corrected chi connectivity index (χ1v) is 11.8. The number of carbonyl (C=O) groups is 1. The summed E-state index contributed by atoms with van der Waals surface area (Å²) in [6.07, 6.45) is 0.707. The number of nitrogens with one attached hydrogen (secondary N) is 3. The molecule has 0 bridgehead atoms. The third-order valence-electron chi connectivity index (χ3n) is 5.84. The number of carbonyl (C=O) groups excluding carboxylic acids is 1. The summed E-state index contributed by atoms with van der Waals surface area (Å²) >= 11 is 0. The molecule has 0 unspecified atom stereocenters. The maximum Gasteiger partial charge on any atom is 0.252 e. The zero-order valence-electron chi connectivity index (χ0n) is 21.1. The fourth-order valence-corrected chi connectivity index (χ4v) is 3.69. The van der Waals surface area contributed by atoms with Crippen LogP contribution in [-0.4, -0.2) is 66.7 Å². The van der Waals surface area contributed by atoms with Gasteiger partial charge in [0, 0.05) is 43.9 Å². The van der Waals surface area contributed by atoms with Crippen molar-refractivity contribution in [3.63, 3.8) is 0 Å². The lowest BCUT2D eigenvalue weighted by Gasteiger charge is -2.21. The van der Waals surface area contributed by atoms with E-state index in [1.165, 1.54) is 0 Å². The molecule has 0 aliphatic rings. The van der Waals surface area contributed by atoms with Gasteiger partial charge in [-0.15, -0.1) is 0 Å². The highest BCUT2D eigenvalue weighted by Gasteiger charge is 2.20. The van der Waals surface area contributed by atoms with Gasteiger partial charge in [0.2, 0.25) is 0 Å². The van der Waals surface area contributed by atoms with Crippen LogP contribution in [0.4, 0.5) is 27.5 Å². The van der Waals surface area contributed by atoms with Crippen LogP contribution in [0.25, 0.3) is 10.9 Å². The first-order valence-electron chi connectivity index (χ1n) is 11.8. The van der Waals surface area contributed by atoms with E-state index in [4.69, 9.17) is 20.9 Å². The number of nitrogens with zero attached hydrogens (tertiary/aromatic N) is 3. The van der Waals surface area contributed by atoms with Gasteiger partial charge in [-0.25, -0.2) is 9.37 Å². The van der Waals surface area contributed by atoms with Gasteiger partial charge in [0.25, 0.3) is 5.91 Å². The molecule has 2 heterocycles. The summed E-state index contributed by atoms with van der Waals surface area (Å²) in [6.45, 7) is 5.96. The van der Waals surface area contributed by atoms with Crippen molar-refractivity contribution in [2.24, 2.45) is 11.5 Å². The highest BCUT2D eigenvalue weighted by Crippen LogP contribution is 2.30. The number of benzene rings is 1. The van der Waals surface area contributed by atoms with E-state index in [0.717, 1.165) is 17.0 Å². The van der Waals surface area contributed by atoms with Crippen molar-refractivity contribution >= 4 is 40.0 Å². The van der Waals surface area contributed by atoms with Gasteiger partial charge in [-0.1, -0.05) is 6.92 Å². The Morgan fingerprint density at radius 1 is 1.17 bits per heavy atom. The molecule has 7 N–H and O–H groups in total. The number of fused-ring (bicyclic) bond motifs is 1. The molecule has 1 aromatic carbocycles. The van der Waals surface area contributed by atoms with Gasteiger partial charge >= 0.3 is 0 Å². The number of nitrogens with two attached hydrogens (primary N) is 2. The van der Waals surface area contributed by atoms with Gasteiger partial charge in [-0.05, 0) is 37.6 Å².